The number of hydrogen-bond donors (Lipinski definition) is 0. The van der Waals surface area contributed by atoms with Crippen molar-refractivity contribution in [2.45, 2.75) is 39.2 Å². The van der Waals surface area contributed by atoms with E-state index in [-0.39, 0.29) is 6.10 Å². The zero-order valence-corrected chi connectivity index (χ0v) is 17.2. The molecular weight excluding hydrogens is 360 g/mol. The van der Waals surface area contributed by atoms with E-state index in [1.54, 1.807) is 0 Å². The molecule has 1 aromatic heterocycles. The number of ether oxygens (including phenoxy) is 1. The van der Waals surface area contributed by atoms with Gasteiger partial charge in [0.25, 0.3) is 0 Å². The van der Waals surface area contributed by atoms with Crippen molar-refractivity contribution in [1.29, 1.82) is 0 Å². The topological polar surface area (TPSA) is 38.5 Å². The Morgan fingerprint density at radius 1 is 1.10 bits per heavy atom. The second-order valence-electron chi connectivity index (χ2n) is 7.75. The second kappa shape index (κ2) is 8.99. The lowest BCUT2D eigenvalue weighted by atomic mass is 10.0. The van der Waals surface area contributed by atoms with Gasteiger partial charge in [-0.3, -0.25) is 0 Å². The van der Waals surface area contributed by atoms with Crippen molar-refractivity contribution in [1.82, 2.24) is 5.16 Å². The lowest BCUT2D eigenvalue weighted by Crippen LogP contribution is -2.30. The summed E-state index contributed by atoms with van der Waals surface area (Å²) in [6.07, 6.45) is 7.29. The molecule has 1 unspecified atom stereocenters. The van der Waals surface area contributed by atoms with Gasteiger partial charge in [-0.2, -0.15) is 0 Å². The minimum absolute atomic E-state index is 0.135. The first-order valence-corrected chi connectivity index (χ1v) is 10.3. The van der Waals surface area contributed by atoms with Gasteiger partial charge in [0, 0.05) is 19.5 Å². The molecule has 1 atom stereocenters. The predicted octanol–water partition coefficient (Wildman–Crippen LogP) is 5.68. The fourth-order valence-electron chi connectivity index (χ4n) is 3.91. The number of aryl methyl sites for hydroxylation is 1. The van der Waals surface area contributed by atoms with Crippen LogP contribution in [0.2, 0.25) is 0 Å². The van der Waals surface area contributed by atoms with E-state index in [1.807, 2.05) is 25.3 Å². The highest BCUT2D eigenvalue weighted by Crippen LogP contribution is 2.27. The Balaban J connectivity index is 1.36. The van der Waals surface area contributed by atoms with Crippen LogP contribution in [0, 0.1) is 6.92 Å². The van der Waals surface area contributed by atoms with Crippen molar-refractivity contribution in [3.05, 3.63) is 83.3 Å². The van der Waals surface area contributed by atoms with Crippen molar-refractivity contribution in [3.8, 4) is 5.75 Å². The van der Waals surface area contributed by atoms with Gasteiger partial charge >= 0.3 is 0 Å². The Labute approximate surface area is 172 Å². The Hall–Kier alpha value is -3.01. The number of hydrogen-bond acceptors (Lipinski definition) is 4. The Morgan fingerprint density at radius 2 is 1.90 bits per heavy atom. The summed E-state index contributed by atoms with van der Waals surface area (Å²) in [5, 5.41) is 3.90. The predicted molar refractivity (Wildman–Crippen MR) is 117 cm³/mol. The normalized spacial score (nSPS) is 15.2. The molecule has 0 radical (unpaired) electrons. The molecule has 4 nitrogen and oxygen atoms in total. The first-order valence-electron chi connectivity index (χ1n) is 10.3. The van der Waals surface area contributed by atoms with Crippen molar-refractivity contribution < 1.29 is 9.26 Å². The summed E-state index contributed by atoms with van der Waals surface area (Å²) in [5.74, 6) is 1.83. The first kappa shape index (κ1) is 19.3. The van der Waals surface area contributed by atoms with Crippen LogP contribution >= 0.6 is 0 Å². The number of aromatic nitrogens is 1. The molecule has 1 aliphatic heterocycles. The van der Waals surface area contributed by atoms with Crippen LogP contribution in [0.25, 0.3) is 6.08 Å². The van der Waals surface area contributed by atoms with Gasteiger partial charge in [-0.1, -0.05) is 59.3 Å². The highest BCUT2D eigenvalue weighted by molar-refractivity contribution is 5.57. The molecule has 0 aliphatic carbocycles. The number of nitrogens with zero attached hydrogens (tertiary/aromatic N) is 2. The smallest absolute Gasteiger partial charge is 0.156 e. The lowest BCUT2D eigenvalue weighted by molar-refractivity contribution is 0.222. The third-order valence-electron chi connectivity index (χ3n) is 5.40. The minimum atomic E-state index is 0.135. The standard InChI is InChI=1S/C25H28N2O2/c1-19(15-21-7-4-3-5-8-21)28-24-10-6-9-23(17-24)16-22-11-13-27(14-12-22)25-18-26-29-20(25)2/h3-10,16-19H,11-15H2,1-2H3. The van der Waals surface area contributed by atoms with Crippen molar-refractivity contribution >= 4 is 11.8 Å². The molecule has 1 saturated heterocycles. The third-order valence-corrected chi connectivity index (χ3v) is 5.40. The van der Waals surface area contributed by atoms with E-state index in [0.29, 0.717) is 0 Å². The maximum Gasteiger partial charge on any atom is 0.156 e. The van der Waals surface area contributed by atoms with Gasteiger partial charge in [0.2, 0.25) is 0 Å². The van der Waals surface area contributed by atoms with Crippen LogP contribution in [0.5, 0.6) is 5.75 Å². The lowest BCUT2D eigenvalue weighted by Gasteiger charge is -2.29. The van der Waals surface area contributed by atoms with Gasteiger partial charge in [-0.05, 0) is 49.9 Å². The Morgan fingerprint density at radius 3 is 2.62 bits per heavy atom. The number of piperidine rings is 1. The molecule has 0 spiro atoms. The maximum absolute atomic E-state index is 6.17. The van der Waals surface area contributed by atoms with E-state index in [2.05, 4.69) is 65.5 Å². The molecule has 0 saturated carbocycles. The van der Waals surface area contributed by atoms with Gasteiger partial charge in [0.1, 0.15) is 11.4 Å². The molecule has 150 valence electrons. The van der Waals surface area contributed by atoms with Crippen molar-refractivity contribution in [2.24, 2.45) is 0 Å². The highest BCUT2D eigenvalue weighted by Gasteiger charge is 2.18. The SMILES string of the molecule is Cc1oncc1N1CCC(=Cc2cccc(OC(C)Cc3ccccc3)c2)CC1. The zero-order chi connectivity index (χ0) is 20.1. The zero-order valence-electron chi connectivity index (χ0n) is 17.2. The fourth-order valence-corrected chi connectivity index (χ4v) is 3.91. The van der Waals surface area contributed by atoms with E-state index < -0.39 is 0 Å². The minimum Gasteiger partial charge on any atom is -0.490 e. The van der Waals surface area contributed by atoms with Crippen molar-refractivity contribution in [2.75, 3.05) is 18.0 Å². The van der Waals surface area contributed by atoms with E-state index in [9.17, 15) is 0 Å². The second-order valence-corrected chi connectivity index (χ2v) is 7.75. The molecule has 2 aromatic carbocycles. The van der Waals surface area contributed by atoms with Crippen molar-refractivity contribution in [3.63, 3.8) is 0 Å². The van der Waals surface area contributed by atoms with E-state index in [0.717, 1.165) is 49.5 Å². The molecule has 4 heteroatoms. The Bertz CT molecular complexity index is 952. The summed E-state index contributed by atoms with van der Waals surface area (Å²) < 4.78 is 11.4. The Kier molecular flexibility index (Phi) is 5.99. The van der Waals surface area contributed by atoms with E-state index in [4.69, 9.17) is 9.26 Å². The molecule has 0 N–H and O–H groups in total. The maximum atomic E-state index is 6.17. The van der Waals surface area contributed by atoms with Crippen LogP contribution in [-0.4, -0.2) is 24.4 Å². The average Bonchev–Trinajstić information content (AvgIpc) is 3.15. The van der Waals surface area contributed by atoms with Crippen LogP contribution in [0.3, 0.4) is 0 Å². The average molecular weight is 389 g/mol. The first-order chi connectivity index (χ1) is 14.2. The molecule has 1 aliphatic rings. The van der Waals surface area contributed by atoms with Crippen LogP contribution < -0.4 is 9.64 Å². The van der Waals surface area contributed by atoms with Gasteiger partial charge in [0.15, 0.2) is 5.76 Å². The summed E-state index contributed by atoms with van der Waals surface area (Å²) in [4.78, 5) is 2.36. The molecule has 2 heterocycles. The molecule has 4 rings (SSSR count). The quantitative estimate of drug-likeness (QED) is 0.545. The summed E-state index contributed by atoms with van der Waals surface area (Å²) >= 11 is 0. The molecule has 29 heavy (non-hydrogen) atoms. The van der Waals surface area contributed by atoms with Gasteiger partial charge in [0.05, 0.1) is 12.3 Å². The largest absolute Gasteiger partial charge is 0.490 e. The third kappa shape index (κ3) is 5.08. The van der Waals surface area contributed by atoms with Crippen LogP contribution in [-0.2, 0) is 6.42 Å². The van der Waals surface area contributed by atoms with E-state index >= 15 is 0 Å². The molecule has 1 fully saturated rings. The highest BCUT2D eigenvalue weighted by atomic mass is 16.5. The van der Waals surface area contributed by atoms with Gasteiger partial charge in [-0.25, -0.2) is 0 Å². The van der Waals surface area contributed by atoms with Gasteiger partial charge < -0.3 is 14.2 Å². The van der Waals surface area contributed by atoms with E-state index in [1.165, 1.54) is 16.7 Å². The number of benzene rings is 2. The molecule has 0 amide bonds. The summed E-state index contributed by atoms with van der Waals surface area (Å²) in [5.41, 5.74) is 5.10. The number of rotatable bonds is 6. The van der Waals surface area contributed by atoms with Crippen LogP contribution in [0.1, 0.15) is 36.7 Å². The molecule has 3 aromatic rings. The molecule has 0 bridgehead atoms. The summed E-state index contributed by atoms with van der Waals surface area (Å²) in [6.45, 7) is 6.09. The summed E-state index contributed by atoms with van der Waals surface area (Å²) in [7, 11) is 0. The van der Waals surface area contributed by atoms with Crippen LogP contribution in [0.4, 0.5) is 5.69 Å². The van der Waals surface area contributed by atoms with Gasteiger partial charge in [-0.15, -0.1) is 0 Å². The summed E-state index contributed by atoms with van der Waals surface area (Å²) in [6, 6.07) is 18.9. The number of anilines is 1. The van der Waals surface area contributed by atoms with Crippen LogP contribution in [0.15, 0.2) is 70.9 Å². The molecular formula is C25H28N2O2. The fraction of sp³-hybridized carbons (Fsp3) is 0.320. The monoisotopic (exact) mass is 388 g/mol.